The number of ketones is 1. The lowest BCUT2D eigenvalue weighted by atomic mass is 10.1. The number of nitro groups is 1. The molecule has 0 N–H and O–H groups in total. The van der Waals surface area contributed by atoms with E-state index in [1.165, 1.54) is 12.1 Å². The van der Waals surface area contributed by atoms with Gasteiger partial charge in [-0.05, 0) is 60.5 Å². The molecule has 0 unspecified atom stereocenters. The van der Waals surface area contributed by atoms with Crippen molar-refractivity contribution in [2.45, 2.75) is 13.5 Å². The lowest BCUT2D eigenvalue weighted by Crippen LogP contribution is -1.99. The molecule has 0 aliphatic carbocycles. The second kappa shape index (κ2) is 7.73. The van der Waals surface area contributed by atoms with Crippen LogP contribution in [0.5, 0.6) is 23.0 Å². The van der Waals surface area contributed by atoms with Gasteiger partial charge < -0.3 is 18.9 Å². The number of nitro benzene ring substituents is 1. The van der Waals surface area contributed by atoms with Gasteiger partial charge in [-0.15, -0.1) is 0 Å². The number of ether oxygens (including phenoxy) is 4. The number of carbonyl (C=O) groups excluding carboxylic acids is 1. The third-order valence-electron chi connectivity index (χ3n) is 5.27. The van der Waals surface area contributed by atoms with E-state index < -0.39 is 4.92 Å². The molecule has 0 amide bonds. The van der Waals surface area contributed by atoms with Crippen LogP contribution in [0.4, 0.5) is 5.69 Å². The number of benzene rings is 3. The van der Waals surface area contributed by atoms with Crippen molar-refractivity contribution in [3.05, 3.63) is 92.7 Å². The summed E-state index contributed by atoms with van der Waals surface area (Å²) in [5, 5.41) is 10.8. The molecule has 0 aromatic heterocycles. The molecular formula is C24H17NO7. The lowest BCUT2D eigenvalue weighted by Gasteiger charge is -2.11. The third kappa shape index (κ3) is 3.51. The van der Waals surface area contributed by atoms with E-state index >= 15 is 0 Å². The molecule has 0 bridgehead atoms. The average molecular weight is 431 g/mol. The Balaban J connectivity index is 1.34. The van der Waals surface area contributed by atoms with Crippen LogP contribution in [0, 0.1) is 17.0 Å². The molecule has 5 rings (SSSR count). The fourth-order valence-corrected chi connectivity index (χ4v) is 3.55. The lowest BCUT2D eigenvalue weighted by molar-refractivity contribution is -0.384. The van der Waals surface area contributed by atoms with Crippen LogP contribution >= 0.6 is 0 Å². The maximum absolute atomic E-state index is 12.8. The van der Waals surface area contributed by atoms with Crippen LogP contribution in [0.15, 0.2) is 60.4 Å². The molecule has 32 heavy (non-hydrogen) atoms. The zero-order chi connectivity index (χ0) is 22.2. The number of hydrogen-bond donors (Lipinski definition) is 0. The zero-order valence-electron chi connectivity index (χ0n) is 17.0. The average Bonchev–Trinajstić information content (AvgIpc) is 3.38. The number of non-ortho nitro benzene ring substituents is 1. The van der Waals surface area contributed by atoms with Crippen molar-refractivity contribution in [1.82, 2.24) is 0 Å². The van der Waals surface area contributed by atoms with Crippen molar-refractivity contribution >= 4 is 17.5 Å². The number of Topliss-reactive ketones (excluding diaryl/α,β-unsaturated/α-hetero) is 1. The summed E-state index contributed by atoms with van der Waals surface area (Å²) in [6.07, 6.45) is 1.67. The minimum absolute atomic E-state index is 0.0242. The quantitative estimate of drug-likeness (QED) is 0.324. The molecule has 8 nitrogen and oxygen atoms in total. The minimum atomic E-state index is -0.446. The van der Waals surface area contributed by atoms with E-state index in [2.05, 4.69) is 0 Å². The highest BCUT2D eigenvalue weighted by atomic mass is 16.7. The number of fused-ring (bicyclic) bond motifs is 2. The van der Waals surface area contributed by atoms with Gasteiger partial charge in [-0.2, -0.15) is 0 Å². The van der Waals surface area contributed by atoms with E-state index in [1.807, 2.05) is 13.0 Å². The van der Waals surface area contributed by atoms with Crippen molar-refractivity contribution in [1.29, 1.82) is 0 Å². The van der Waals surface area contributed by atoms with Gasteiger partial charge in [0.1, 0.15) is 18.1 Å². The van der Waals surface area contributed by atoms with Gasteiger partial charge in [0.2, 0.25) is 12.6 Å². The third-order valence-corrected chi connectivity index (χ3v) is 5.27. The van der Waals surface area contributed by atoms with Gasteiger partial charge in [0.15, 0.2) is 17.3 Å². The number of rotatable bonds is 5. The molecule has 0 atom stereocenters. The van der Waals surface area contributed by atoms with E-state index in [1.54, 1.807) is 42.5 Å². The first-order valence-electron chi connectivity index (χ1n) is 9.83. The molecule has 0 fully saturated rings. The predicted octanol–water partition coefficient (Wildman–Crippen LogP) is 4.83. The van der Waals surface area contributed by atoms with Crippen LogP contribution in [0.1, 0.15) is 27.0 Å². The molecule has 160 valence electrons. The Bertz CT molecular complexity index is 1280. The van der Waals surface area contributed by atoms with Crippen LogP contribution in [0.25, 0.3) is 6.08 Å². The molecule has 2 aliphatic heterocycles. The van der Waals surface area contributed by atoms with Crippen LogP contribution < -0.4 is 18.9 Å². The van der Waals surface area contributed by atoms with Gasteiger partial charge in [-0.25, -0.2) is 0 Å². The van der Waals surface area contributed by atoms with Crippen molar-refractivity contribution in [3.63, 3.8) is 0 Å². The molecule has 0 saturated carbocycles. The molecule has 0 radical (unpaired) electrons. The van der Waals surface area contributed by atoms with Crippen LogP contribution in [-0.4, -0.2) is 17.5 Å². The number of hydrogen-bond acceptors (Lipinski definition) is 7. The van der Waals surface area contributed by atoms with Crippen molar-refractivity contribution in [2.75, 3.05) is 6.79 Å². The zero-order valence-corrected chi connectivity index (χ0v) is 17.0. The Morgan fingerprint density at radius 2 is 1.84 bits per heavy atom. The maximum Gasteiger partial charge on any atom is 0.269 e. The topological polar surface area (TPSA) is 97.1 Å². The predicted molar refractivity (Wildman–Crippen MR) is 114 cm³/mol. The standard InChI is InChI=1S/C24H17NO7/c1-14-19(29-12-15-2-5-17(6-3-15)25(27)28)9-7-18-23(26)22(32-24(14)18)11-16-4-8-20-21(10-16)31-13-30-20/h2-11H,12-13H2,1H3/b22-11-. The minimum Gasteiger partial charge on any atom is -0.488 e. The molecular weight excluding hydrogens is 414 g/mol. The Kier molecular flexibility index (Phi) is 4.74. The maximum atomic E-state index is 12.8. The summed E-state index contributed by atoms with van der Waals surface area (Å²) < 4.78 is 22.5. The summed E-state index contributed by atoms with van der Waals surface area (Å²) in [6.45, 7) is 2.23. The first-order valence-corrected chi connectivity index (χ1v) is 9.83. The van der Waals surface area contributed by atoms with Gasteiger partial charge in [0.25, 0.3) is 5.69 Å². The van der Waals surface area contributed by atoms with Gasteiger partial charge >= 0.3 is 0 Å². The molecule has 3 aromatic carbocycles. The molecule has 0 spiro atoms. The summed E-state index contributed by atoms with van der Waals surface area (Å²) in [5.41, 5.74) is 2.74. The van der Waals surface area contributed by atoms with E-state index in [9.17, 15) is 14.9 Å². The normalized spacial score (nSPS) is 14.9. The fourth-order valence-electron chi connectivity index (χ4n) is 3.55. The monoisotopic (exact) mass is 431 g/mol. The second-order valence-electron chi connectivity index (χ2n) is 7.33. The summed E-state index contributed by atoms with van der Waals surface area (Å²) in [7, 11) is 0. The molecule has 8 heteroatoms. The summed E-state index contributed by atoms with van der Waals surface area (Å²) in [4.78, 5) is 23.2. The number of allylic oxidation sites excluding steroid dienone is 1. The van der Waals surface area contributed by atoms with Gasteiger partial charge in [-0.3, -0.25) is 14.9 Å². The second-order valence-corrected chi connectivity index (χ2v) is 7.33. The van der Waals surface area contributed by atoms with E-state index in [-0.39, 0.29) is 30.6 Å². The smallest absolute Gasteiger partial charge is 0.269 e. The Hall–Kier alpha value is -4.33. The van der Waals surface area contributed by atoms with Crippen molar-refractivity contribution in [2.24, 2.45) is 0 Å². The van der Waals surface area contributed by atoms with Crippen LogP contribution in [0.3, 0.4) is 0 Å². The molecule has 2 aliphatic rings. The first-order chi connectivity index (χ1) is 15.5. The summed E-state index contributed by atoms with van der Waals surface area (Å²) in [5.74, 6) is 2.33. The molecule has 0 saturated heterocycles. The van der Waals surface area contributed by atoms with Gasteiger partial charge in [0, 0.05) is 17.7 Å². The van der Waals surface area contributed by atoms with E-state index in [0.717, 1.165) is 11.1 Å². The molecule has 3 aromatic rings. The molecule has 2 heterocycles. The van der Waals surface area contributed by atoms with Crippen LogP contribution in [0.2, 0.25) is 0 Å². The Morgan fingerprint density at radius 1 is 1.06 bits per heavy atom. The number of carbonyl (C=O) groups is 1. The SMILES string of the molecule is Cc1c(OCc2ccc([N+](=O)[O-])cc2)ccc2c1O/C(=C\c1ccc3c(c1)OCO3)C2=O. The van der Waals surface area contributed by atoms with E-state index in [4.69, 9.17) is 18.9 Å². The highest BCUT2D eigenvalue weighted by molar-refractivity contribution is 6.15. The number of nitrogens with zero attached hydrogens (tertiary/aromatic N) is 1. The van der Waals surface area contributed by atoms with Crippen LogP contribution in [-0.2, 0) is 6.61 Å². The Labute approximate surface area is 182 Å². The summed E-state index contributed by atoms with van der Waals surface area (Å²) >= 11 is 0. The van der Waals surface area contributed by atoms with Crippen molar-refractivity contribution < 1.29 is 28.7 Å². The highest BCUT2D eigenvalue weighted by Gasteiger charge is 2.30. The fraction of sp³-hybridized carbons (Fsp3) is 0.125. The Morgan fingerprint density at radius 3 is 2.62 bits per heavy atom. The largest absolute Gasteiger partial charge is 0.488 e. The highest BCUT2D eigenvalue weighted by Crippen LogP contribution is 2.40. The van der Waals surface area contributed by atoms with Crippen molar-refractivity contribution in [3.8, 4) is 23.0 Å². The van der Waals surface area contributed by atoms with Gasteiger partial charge in [0.05, 0.1) is 10.5 Å². The van der Waals surface area contributed by atoms with Gasteiger partial charge in [-0.1, -0.05) is 6.07 Å². The van der Waals surface area contributed by atoms with E-state index in [0.29, 0.717) is 34.1 Å². The first kappa shape index (κ1) is 19.6. The summed E-state index contributed by atoms with van der Waals surface area (Å²) in [6, 6.07) is 15.0.